The summed E-state index contributed by atoms with van der Waals surface area (Å²) < 4.78 is 5.13. The third-order valence-electron chi connectivity index (χ3n) is 3.80. The van der Waals surface area contributed by atoms with Gasteiger partial charge in [0, 0.05) is 19.6 Å². The summed E-state index contributed by atoms with van der Waals surface area (Å²) in [7, 11) is 3.52. The number of nitrogens with zero attached hydrogens (tertiary/aromatic N) is 1. The minimum absolute atomic E-state index is 0.114. The summed E-state index contributed by atoms with van der Waals surface area (Å²) in [6.45, 7) is 3.66. The number of ether oxygens (including phenoxy) is 1. The van der Waals surface area contributed by atoms with Gasteiger partial charge in [0.05, 0.1) is 13.0 Å². The van der Waals surface area contributed by atoms with Crippen LogP contribution in [0.15, 0.2) is 24.3 Å². The van der Waals surface area contributed by atoms with Crippen molar-refractivity contribution in [2.75, 3.05) is 20.7 Å². The van der Waals surface area contributed by atoms with E-state index >= 15 is 0 Å². The van der Waals surface area contributed by atoms with Gasteiger partial charge in [0.15, 0.2) is 0 Å². The Bertz CT molecular complexity index is 430. The van der Waals surface area contributed by atoms with E-state index in [1.165, 1.54) is 0 Å². The number of hydrogen-bond acceptors (Lipinski definition) is 3. The molecule has 0 bridgehead atoms. The maximum Gasteiger partial charge on any atom is 0.227 e. The average Bonchev–Trinajstić information content (AvgIpc) is 2.85. The highest BCUT2D eigenvalue weighted by molar-refractivity contribution is 5.79. The molecule has 1 fully saturated rings. The first-order valence-corrected chi connectivity index (χ1v) is 6.73. The van der Waals surface area contributed by atoms with Gasteiger partial charge in [0.2, 0.25) is 5.91 Å². The molecule has 0 saturated carbocycles. The maximum absolute atomic E-state index is 12.3. The Morgan fingerprint density at radius 2 is 2.11 bits per heavy atom. The zero-order valence-electron chi connectivity index (χ0n) is 11.8. The molecule has 0 aromatic heterocycles. The quantitative estimate of drug-likeness (QED) is 0.897. The number of rotatable bonds is 4. The number of methoxy groups -OCH3 is 1. The van der Waals surface area contributed by atoms with Crippen molar-refractivity contribution in [2.24, 2.45) is 5.92 Å². The van der Waals surface area contributed by atoms with Crippen LogP contribution in [0.5, 0.6) is 5.75 Å². The van der Waals surface area contributed by atoms with E-state index in [0.717, 1.165) is 24.3 Å². The summed E-state index contributed by atoms with van der Waals surface area (Å²) >= 11 is 0. The molecule has 1 N–H and O–H groups in total. The predicted molar refractivity (Wildman–Crippen MR) is 75.0 cm³/mol. The number of carbonyl (C=O) groups excluding carboxylic acids is 1. The van der Waals surface area contributed by atoms with Crippen LogP contribution >= 0.6 is 0 Å². The fourth-order valence-corrected chi connectivity index (χ4v) is 2.56. The van der Waals surface area contributed by atoms with E-state index < -0.39 is 0 Å². The van der Waals surface area contributed by atoms with Crippen molar-refractivity contribution in [3.05, 3.63) is 29.8 Å². The van der Waals surface area contributed by atoms with E-state index in [9.17, 15) is 4.79 Å². The second kappa shape index (κ2) is 6.06. The number of amides is 1. The topological polar surface area (TPSA) is 41.6 Å². The molecule has 2 unspecified atom stereocenters. The summed E-state index contributed by atoms with van der Waals surface area (Å²) in [4.78, 5) is 14.2. The van der Waals surface area contributed by atoms with Crippen molar-refractivity contribution in [2.45, 2.75) is 25.9 Å². The van der Waals surface area contributed by atoms with E-state index in [2.05, 4.69) is 12.2 Å². The van der Waals surface area contributed by atoms with Gasteiger partial charge in [-0.2, -0.15) is 0 Å². The minimum atomic E-state index is 0.114. The van der Waals surface area contributed by atoms with Crippen LogP contribution in [0.3, 0.4) is 0 Å². The second-order valence-corrected chi connectivity index (χ2v) is 5.18. The fraction of sp³-hybridized carbons (Fsp3) is 0.533. The van der Waals surface area contributed by atoms with Crippen molar-refractivity contribution in [1.29, 1.82) is 0 Å². The SMILES string of the molecule is COc1ccc(CN(C)C(=O)C2CCNC2C)cc1. The lowest BCUT2D eigenvalue weighted by Gasteiger charge is -2.23. The average molecular weight is 262 g/mol. The normalized spacial score (nSPS) is 22.3. The molecule has 1 aromatic rings. The van der Waals surface area contributed by atoms with Gasteiger partial charge in [-0.25, -0.2) is 0 Å². The molecular formula is C15H22N2O2. The van der Waals surface area contributed by atoms with Gasteiger partial charge in [0.1, 0.15) is 5.75 Å². The molecule has 1 aromatic carbocycles. The molecule has 2 atom stereocenters. The van der Waals surface area contributed by atoms with Crippen molar-refractivity contribution in [3.8, 4) is 5.75 Å². The number of benzene rings is 1. The molecule has 1 heterocycles. The molecule has 104 valence electrons. The highest BCUT2D eigenvalue weighted by Gasteiger charge is 2.31. The molecule has 2 rings (SSSR count). The van der Waals surface area contributed by atoms with Crippen LogP contribution in [0.25, 0.3) is 0 Å². The Morgan fingerprint density at radius 1 is 1.42 bits per heavy atom. The highest BCUT2D eigenvalue weighted by atomic mass is 16.5. The van der Waals surface area contributed by atoms with Gasteiger partial charge in [0.25, 0.3) is 0 Å². The summed E-state index contributed by atoms with van der Waals surface area (Å²) in [6, 6.07) is 8.13. The fourth-order valence-electron chi connectivity index (χ4n) is 2.56. The molecule has 0 spiro atoms. The van der Waals surface area contributed by atoms with E-state index in [1.54, 1.807) is 7.11 Å². The van der Waals surface area contributed by atoms with Crippen LogP contribution in [0, 0.1) is 5.92 Å². The van der Waals surface area contributed by atoms with Crippen molar-refractivity contribution in [3.63, 3.8) is 0 Å². The summed E-state index contributed by atoms with van der Waals surface area (Å²) in [5.74, 6) is 1.18. The van der Waals surface area contributed by atoms with Gasteiger partial charge in [-0.3, -0.25) is 4.79 Å². The monoisotopic (exact) mass is 262 g/mol. The van der Waals surface area contributed by atoms with Gasteiger partial charge in [-0.1, -0.05) is 12.1 Å². The highest BCUT2D eigenvalue weighted by Crippen LogP contribution is 2.19. The first-order chi connectivity index (χ1) is 9.11. The molecule has 1 aliphatic rings. The Labute approximate surface area is 114 Å². The predicted octanol–water partition coefficient (Wildman–Crippen LogP) is 1.65. The van der Waals surface area contributed by atoms with Crippen LogP contribution in [0.2, 0.25) is 0 Å². The van der Waals surface area contributed by atoms with Crippen molar-refractivity contribution in [1.82, 2.24) is 10.2 Å². The van der Waals surface area contributed by atoms with Crippen LogP contribution in [-0.2, 0) is 11.3 Å². The van der Waals surface area contributed by atoms with Gasteiger partial charge in [-0.15, -0.1) is 0 Å². The summed E-state index contributed by atoms with van der Waals surface area (Å²) in [5.41, 5.74) is 1.12. The smallest absolute Gasteiger partial charge is 0.227 e. The Kier molecular flexibility index (Phi) is 4.43. The van der Waals surface area contributed by atoms with E-state index in [4.69, 9.17) is 4.74 Å². The van der Waals surface area contributed by atoms with Crippen molar-refractivity contribution >= 4 is 5.91 Å². The molecular weight excluding hydrogens is 240 g/mol. The van der Waals surface area contributed by atoms with E-state index in [1.807, 2.05) is 36.2 Å². The van der Waals surface area contributed by atoms with E-state index in [0.29, 0.717) is 6.54 Å². The van der Waals surface area contributed by atoms with Crippen LogP contribution in [0.4, 0.5) is 0 Å². The lowest BCUT2D eigenvalue weighted by Crippen LogP contribution is -2.37. The summed E-state index contributed by atoms with van der Waals surface area (Å²) in [6.07, 6.45) is 0.937. The van der Waals surface area contributed by atoms with Gasteiger partial charge >= 0.3 is 0 Å². The zero-order valence-corrected chi connectivity index (χ0v) is 11.8. The van der Waals surface area contributed by atoms with Crippen molar-refractivity contribution < 1.29 is 9.53 Å². The van der Waals surface area contributed by atoms with Gasteiger partial charge in [-0.05, 0) is 37.6 Å². The largest absolute Gasteiger partial charge is 0.497 e. The Balaban J connectivity index is 1.95. The third kappa shape index (κ3) is 3.26. The molecule has 1 aliphatic heterocycles. The summed E-state index contributed by atoms with van der Waals surface area (Å²) in [5, 5.41) is 3.32. The Hall–Kier alpha value is -1.55. The molecule has 0 aliphatic carbocycles. The lowest BCUT2D eigenvalue weighted by atomic mass is 10.0. The molecule has 0 radical (unpaired) electrons. The van der Waals surface area contributed by atoms with Gasteiger partial charge < -0.3 is 15.0 Å². The molecule has 19 heavy (non-hydrogen) atoms. The lowest BCUT2D eigenvalue weighted by molar-refractivity contribution is -0.134. The standard InChI is InChI=1S/C15H22N2O2/c1-11-14(8-9-16-11)15(18)17(2)10-12-4-6-13(19-3)7-5-12/h4-7,11,14,16H,8-10H2,1-3H3. The third-order valence-corrected chi connectivity index (χ3v) is 3.80. The molecule has 4 nitrogen and oxygen atoms in total. The molecule has 1 amide bonds. The second-order valence-electron chi connectivity index (χ2n) is 5.18. The number of carbonyl (C=O) groups is 1. The first kappa shape index (κ1) is 13.9. The van der Waals surface area contributed by atoms with Crippen LogP contribution in [0.1, 0.15) is 18.9 Å². The zero-order chi connectivity index (χ0) is 13.8. The maximum atomic E-state index is 12.3. The molecule has 4 heteroatoms. The number of nitrogens with one attached hydrogen (secondary N) is 1. The minimum Gasteiger partial charge on any atom is -0.497 e. The molecule has 1 saturated heterocycles. The first-order valence-electron chi connectivity index (χ1n) is 6.73. The Morgan fingerprint density at radius 3 is 2.63 bits per heavy atom. The number of hydrogen-bond donors (Lipinski definition) is 1. The van der Waals surface area contributed by atoms with Crippen LogP contribution in [-0.4, -0.2) is 37.6 Å². The van der Waals surface area contributed by atoms with E-state index in [-0.39, 0.29) is 17.9 Å². The van der Waals surface area contributed by atoms with Crippen LogP contribution < -0.4 is 10.1 Å².